The van der Waals surface area contributed by atoms with Crippen molar-refractivity contribution in [3.8, 4) is 0 Å². The van der Waals surface area contributed by atoms with Gasteiger partial charge in [-0.2, -0.15) is 0 Å². The maximum absolute atomic E-state index is 11.9. The van der Waals surface area contributed by atoms with Crippen molar-refractivity contribution in [2.45, 2.75) is 18.0 Å². The Bertz CT molecular complexity index is 588. The van der Waals surface area contributed by atoms with Crippen LogP contribution in [0.1, 0.15) is 5.69 Å². The number of hydrogen-bond donors (Lipinski definition) is 3. The molecule has 0 bridgehead atoms. The van der Waals surface area contributed by atoms with Gasteiger partial charge in [-0.3, -0.25) is 0 Å². The highest BCUT2D eigenvalue weighted by Crippen LogP contribution is 2.09. The summed E-state index contributed by atoms with van der Waals surface area (Å²) in [7, 11) is -3.47. The topological polar surface area (TPSA) is 106 Å². The van der Waals surface area contributed by atoms with E-state index in [1.54, 1.807) is 23.3 Å². The average Bonchev–Trinajstić information content (AvgIpc) is 2.99. The Hall–Kier alpha value is -1.64. The van der Waals surface area contributed by atoms with Crippen LogP contribution in [0.5, 0.6) is 0 Å². The molecule has 0 aliphatic carbocycles. The van der Waals surface area contributed by atoms with E-state index < -0.39 is 10.0 Å². The molecule has 2 rings (SSSR count). The predicted octanol–water partition coefficient (Wildman–Crippen LogP) is -0.352. The molecule has 0 aliphatic heterocycles. The minimum Gasteiger partial charge on any atom is -0.363 e. The van der Waals surface area contributed by atoms with E-state index in [4.69, 9.17) is 5.73 Å². The molecule has 0 aliphatic rings. The summed E-state index contributed by atoms with van der Waals surface area (Å²) in [6.07, 6.45) is 6.49. The molecule has 0 saturated carbocycles. The molecular formula is C10H15N5O2S. The molecule has 2 heterocycles. The second-order valence-corrected chi connectivity index (χ2v) is 5.53. The van der Waals surface area contributed by atoms with Crippen molar-refractivity contribution in [2.75, 3.05) is 6.54 Å². The number of rotatable bonds is 6. The van der Waals surface area contributed by atoms with Crippen LogP contribution < -0.4 is 10.5 Å². The molecule has 0 amide bonds. The van der Waals surface area contributed by atoms with Gasteiger partial charge in [-0.25, -0.2) is 18.1 Å². The molecule has 0 aromatic carbocycles. The summed E-state index contributed by atoms with van der Waals surface area (Å²) in [6, 6.07) is 1.53. The van der Waals surface area contributed by atoms with Crippen LogP contribution in [0.15, 0.2) is 35.9 Å². The van der Waals surface area contributed by atoms with E-state index in [2.05, 4.69) is 14.7 Å². The van der Waals surface area contributed by atoms with E-state index in [-0.39, 0.29) is 11.4 Å². The first-order valence-electron chi connectivity index (χ1n) is 5.44. The van der Waals surface area contributed by atoms with Crippen molar-refractivity contribution in [3.63, 3.8) is 0 Å². The Labute approximate surface area is 105 Å². The van der Waals surface area contributed by atoms with Crippen molar-refractivity contribution < 1.29 is 8.42 Å². The van der Waals surface area contributed by atoms with E-state index in [1.165, 1.54) is 12.3 Å². The van der Waals surface area contributed by atoms with Crippen LogP contribution in [0, 0.1) is 0 Å². The summed E-state index contributed by atoms with van der Waals surface area (Å²) in [5.74, 6) is 0. The number of sulfonamides is 1. The Morgan fingerprint density at radius 2 is 2.33 bits per heavy atom. The highest BCUT2D eigenvalue weighted by molar-refractivity contribution is 7.89. The summed E-state index contributed by atoms with van der Waals surface area (Å²) in [6.45, 7) is 1.12. The third kappa shape index (κ3) is 2.97. The summed E-state index contributed by atoms with van der Waals surface area (Å²) in [5, 5.41) is 0. The van der Waals surface area contributed by atoms with Gasteiger partial charge in [0.1, 0.15) is 0 Å². The number of nitrogens with two attached hydrogens (primary N) is 1. The lowest BCUT2D eigenvalue weighted by Gasteiger charge is -2.05. The van der Waals surface area contributed by atoms with Crippen molar-refractivity contribution >= 4 is 10.0 Å². The highest BCUT2D eigenvalue weighted by Gasteiger charge is 2.14. The van der Waals surface area contributed by atoms with Gasteiger partial charge < -0.3 is 15.3 Å². The maximum atomic E-state index is 11.9. The fourth-order valence-corrected chi connectivity index (χ4v) is 2.54. The van der Waals surface area contributed by atoms with Crippen LogP contribution in [-0.2, 0) is 23.1 Å². The first-order chi connectivity index (χ1) is 8.62. The van der Waals surface area contributed by atoms with Crippen molar-refractivity contribution in [3.05, 3.63) is 36.7 Å². The Morgan fingerprint density at radius 3 is 2.94 bits per heavy atom. The van der Waals surface area contributed by atoms with Crippen LogP contribution in [-0.4, -0.2) is 29.5 Å². The van der Waals surface area contributed by atoms with Crippen LogP contribution in [0.25, 0.3) is 0 Å². The molecule has 2 aromatic rings. The normalized spacial score (nSPS) is 11.8. The van der Waals surface area contributed by atoms with Crippen LogP contribution in [0.4, 0.5) is 0 Å². The minimum absolute atomic E-state index is 0.202. The van der Waals surface area contributed by atoms with E-state index in [0.717, 1.165) is 0 Å². The van der Waals surface area contributed by atoms with Gasteiger partial charge in [-0.1, -0.05) is 0 Å². The molecule has 8 heteroatoms. The number of aromatic amines is 1. The average molecular weight is 269 g/mol. The van der Waals surface area contributed by atoms with E-state index in [9.17, 15) is 8.42 Å². The van der Waals surface area contributed by atoms with E-state index in [1.807, 2.05) is 0 Å². The Balaban J connectivity index is 1.95. The predicted molar refractivity (Wildman–Crippen MR) is 66.1 cm³/mol. The zero-order valence-corrected chi connectivity index (χ0v) is 10.5. The molecular weight excluding hydrogens is 254 g/mol. The summed E-state index contributed by atoms with van der Waals surface area (Å²) >= 11 is 0. The van der Waals surface area contributed by atoms with Gasteiger partial charge in [0.2, 0.25) is 10.0 Å². The van der Waals surface area contributed by atoms with Gasteiger partial charge >= 0.3 is 0 Å². The van der Waals surface area contributed by atoms with Gasteiger partial charge in [-0.05, 0) is 6.07 Å². The van der Waals surface area contributed by atoms with Crippen LogP contribution >= 0.6 is 0 Å². The molecule has 18 heavy (non-hydrogen) atoms. The molecule has 0 fully saturated rings. The van der Waals surface area contributed by atoms with Crippen molar-refractivity contribution in [1.82, 2.24) is 19.3 Å². The van der Waals surface area contributed by atoms with Gasteiger partial charge in [0.25, 0.3) is 0 Å². The highest BCUT2D eigenvalue weighted by atomic mass is 32.2. The lowest BCUT2D eigenvalue weighted by molar-refractivity contribution is 0.573. The first-order valence-corrected chi connectivity index (χ1v) is 6.93. The molecule has 2 aromatic heterocycles. The molecule has 0 spiro atoms. The zero-order valence-electron chi connectivity index (χ0n) is 9.70. The second kappa shape index (κ2) is 5.34. The maximum Gasteiger partial charge on any atom is 0.242 e. The minimum atomic E-state index is -3.47. The number of hydrogen-bond acceptors (Lipinski definition) is 4. The number of H-pyrrole nitrogens is 1. The third-order valence-electron chi connectivity index (χ3n) is 2.47. The smallest absolute Gasteiger partial charge is 0.242 e. The molecule has 4 N–H and O–H groups in total. The summed E-state index contributed by atoms with van der Waals surface area (Å²) in [5.41, 5.74) is 6.10. The number of imidazole rings is 1. The molecule has 0 radical (unpaired) electrons. The molecule has 0 atom stereocenters. The second-order valence-electron chi connectivity index (χ2n) is 3.76. The SMILES string of the molecule is NCc1cc(S(=O)(=O)NCCn2ccnc2)c[nH]1. The fraction of sp³-hybridized carbons (Fsp3) is 0.300. The first kappa shape index (κ1) is 12.8. The molecule has 98 valence electrons. The van der Waals surface area contributed by atoms with Gasteiger partial charge in [-0.15, -0.1) is 0 Å². The lowest BCUT2D eigenvalue weighted by Crippen LogP contribution is -2.26. The third-order valence-corrected chi connectivity index (χ3v) is 3.91. The van der Waals surface area contributed by atoms with Gasteiger partial charge in [0.15, 0.2) is 0 Å². The number of nitrogens with zero attached hydrogens (tertiary/aromatic N) is 2. The molecule has 0 unspecified atom stereocenters. The van der Waals surface area contributed by atoms with Crippen LogP contribution in [0.2, 0.25) is 0 Å². The monoisotopic (exact) mass is 269 g/mol. The van der Waals surface area contributed by atoms with Gasteiger partial charge in [0.05, 0.1) is 11.2 Å². The number of nitrogens with one attached hydrogen (secondary N) is 2. The largest absolute Gasteiger partial charge is 0.363 e. The summed E-state index contributed by atoms with van der Waals surface area (Å²) in [4.78, 5) is 6.89. The Morgan fingerprint density at radius 1 is 1.50 bits per heavy atom. The van der Waals surface area contributed by atoms with Crippen molar-refractivity contribution in [1.29, 1.82) is 0 Å². The zero-order chi connectivity index (χ0) is 13.0. The molecule has 7 nitrogen and oxygen atoms in total. The molecule has 0 saturated heterocycles. The quantitative estimate of drug-likeness (QED) is 0.666. The van der Waals surface area contributed by atoms with Crippen LogP contribution in [0.3, 0.4) is 0 Å². The standard InChI is InChI=1S/C10H15N5O2S/c11-6-9-5-10(7-13-9)18(16,17)14-2-4-15-3-1-12-8-15/h1,3,5,7-8,13-14H,2,4,6,11H2. The van der Waals surface area contributed by atoms with Gasteiger partial charge in [0, 0.05) is 43.9 Å². The summed E-state index contributed by atoms with van der Waals surface area (Å²) < 4.78 is 28.1. The van der Waals surface area contributed by atoms with Crippen molar-refractivity contribution in [2.24, 2.45) is 5.73 Å². The lowest BCUT2D eigenvalue weighted by atomic mass is 10.4. The van der Waals surface area contributed by atoms with E-state index in [0.29, 0.717) is 18.8 Å². The number of aromatic nitrogens is 3. The fourth-order valence-electron chi connectivity index (χ4n) is 1.50. The van der Waals surface area contributed by atoms with E-state index >= 15 is 0 Å². The Kier molecular flexibility index (Phi) is 3.80.